The van der Waals surface area contributed by atoms with Crippen LogP contribution in [0.4, 0.5) is 10.8 Å². The van der Waals surface area contributed by atoms with Crippen LogP contribution < -0.4 is 10.6 Å². The van der Waals surface area contributed by atoms with Gasteiger partial charge in [0.2, 0.25) is 0 Å². The fourth-order valence-corrected chi connectivity index (χ4v) is 2.49. The molecule has 1 aromatic heterocycles. The van der Waals surface area contributed by atoms with E-state index in [1.54, 1.807) is 11.3 Å². The lowest BCUT2D eigenvalue weighted by molar-refractivity contribution is 1.06. The zero-order valence-corrected chi connectivity index (χ0v) is 11.2. The van der Waals surface area contributed by atoms with Crippen molar-refractivity contribution in [3.63, 3.8) is 0 Å². The van der Waals surface area contributed by atoms with E-state index in [2.05, 4.69) is 28.9 Å². The minimum atomic E-state index is 0.567. The van der Waals surface area contributed by atoms with Gasteiger partial charge in [-0.1, -0.05) is 12.1 Å². The Balaban J connectivity index is 2.32. The Kier molecular flexibility index (Phi) is 3.45. The predicted molar refractivity (Wildman–Crippen MR) is 74.0 cm³/mol. The second kappa shape index (κ2) is 4.85. The van der Waals surface area contributed by atoms with E-state index in [1.165, 1.54) is 4.88 Å². The average Bonchev–Trinajstić information content (AvgIpc) is 2.69. The molecule has 1 aromatic carbocycles. The van der Waals surface area contributed by atoms with Crippen LogP contribution in [0.25, 0.3) is 0 Å². The number of hydrogen-bond donors (Lipinski definition) is 1. The summed E-state index contributed by atoms with van der Waals surface area (Å²) in [6.45, 7) is 4.71. The molecule has 0 aliphatic carbocycles. The fourth-order valence-electron chi connectivity index (χ4n) is 1.60. The van der Waals surface area contributed by atoms with Crippen molar-refractivity contribution in [1.82, 2.24) is 4.98 Å². The summed E-state index contributed by atoms with van der Waals surface area (Å²) in [5, 5.41) is 1.02. The molecule has 0 amide bonds. The molecule has 4 heteroatoms. The van der Waals surface area contributed by atoms with Crippen LogP contribution in [0.15, 0.2) is 24.3 Å². The van der Waals surface area contributed by atoms with E-state index >= 15 is 0 Å². The molecule has 0 unspecified atom stereocenters. The minimum absolute atomic E-state index is 0.567. The van der Waals surface area contributed by atoms with Crippen molar-refractivity contribution < 1.29 is 0 Å². The third-order valence-corrected chi connectivity index (χ3v) is 3.99. The van der Waals surface area contributed by atoms with Gasteiger partial charge in [0.15, 0.2) is 5.13 Å². The first kappa shape index (κ1) is 12.1. The molecule has 2 N–H and O–H groups in total. The first-order chi connectivity index (χ1) is 8.11. The van der Waals surface area contributed by atoms with Crippen molar-refractivity contribution in [2.75, 3.05) is 11.9 Å². The quantitative estimate of drug-likeness (QED) is 0.906. The van der Waals surface area contributed by atoms with Crippen LogP contribution in [-0.2, 0) is 6.54 Å². The summed E-state index contributed by atoms with van der Waals surface area (Å²) < 4.78 is 0. The zero-order valence-electron chi connectivity index (χ0n) is 10.4. The van der Waals surface area contributed by atoms with Crippen molar-refractivity contribution in [3.05, 3.63) is 40.4 Å². The fraction of sp³-hybridized carbons (Fsp3) is 0.308. The number of hydrogen-bond acceptors (Lipinski definition) is 4. The van der Waals surface area contributed by atoms with Crippen LogP contribution in [0.1, 0.15) is 16.1 Å². The number of aromatic nitrogens is 1. The second-order valence-electron chi connectivity index (χ2n) is 4.07. The molecule has 1 heterocycles. The summed E-state index contributed by atoms with van der Waals surface area (Å²) in [6.07, 6.45) is 0. The van der Waals surface area contributed by atoms with Crippen LogP contribution in [0.5, 0.6) is 0 Å². The van der Waals surface area contributed by atoms with Crippen LogP contribution in [0, 0.1) is 13.8 Å². The van der Waals surface area contributed by atoms with Crippen molar-refractivity contribution in [3.8, 4) is 0 Å². The molecule has 0 aliphatic heterocycles. The molecular weight excluding hydrogens is 230 g/mol. The van der Waals surface area contributed by atoms with Crippen molar-refractivity contribution >= 4 is 22.2 Å². The van der Waals surface area contributed by atoms with Crippen molar-refractivity contribution in [1.29, 1.82) is 0 Å². The molecule has 2 aromatic rings. The molecule has 0 spiro atoms. The normalized spacial score (nSPS) is 10.6. The number of rotatable bonds is 3. The lowest BCUT2D eigenvalue weighted by Gasteiger charge is -2.16. The third-order valence-electron chi connectivity index (χ3n) is 2.84. The van der Waals surface area contributed by atoms with Gasteiger partial charge in [-0.2, -0.15) is 0 Å². The summed E-state index contributed by atoms with van der Waals surface area (Å²) in [4.78, 5) is 7.92. The first-order valence-electron chi connectivity index (χ1n) is 5.58. The lowest BCUT2D eigenvalue weighted by Crippen LogP contribution is -2.09. The highest BCUT2D eigenvalue weighted by Gasteiger charge is 2.10. The van der Waals surface area contributed by atoms with Gasteiger partial charge in [0.05, 0.1) is 5.69 Å². The molecule has 0 saturated carbocycles. The van der Waals surface area contributed by atoms with E-state index in [0.717, 1.165) is 22.1 Å². The second-order valence-corrected chi connectivity index (χ2v) is 5.25. The SMILES string of the molecule is Cc1nc(N(C)c2cccc(CN)c2)sc1C. The summed E-state index contributed by atoms with van der Waals surface area (Å²) in [5.41, 5.74) is 9.02. The standard InChI is InChI=1S/C13H17N3S/c1-9-10(2)17-13(15-9)16(3)12-6-4-5-11(7-12)8-14/h4-7H,8,14H2,1-3H3. The number of thiazole rings is 1. The Bertz CT molecular complexity index is 500. The molecule has 2 rings (SSSR count). The van der Waals surface area contributed by atoms with E-state index in [-0.39, 0.29) is 0 Å². The lowest BCUT2D eigenvalue weighted by atomic mass is 10.2. The van der Waals surface area contributed by atoms with E-state index < -0.39 is 0 Å². The largest absolute Gasteiger partial charge is 0.326 e. The van der Waals surface area contributed by atoms with Gasteiger partial charge in [0.1, 0.15) is 0 Å². The molecule has 0 atom stereocenters. The predicted octanol–water partition coefficient (Wildman–Crippen LogP) is 2.99. The number of anilines is 2. The molecule has 0 radical (unpaired) electrons. The average molecular weight is 247 g/mol. The summed E-state index contributed by atoms with van der Waals surface area (Å²) in [7, 11) is 2.04. The monoisotopic (exact) mass is 247 g/mol. The van der Waals surface area contributed by atoms with Crippen LogP contribution in [0.2, 0.25) is 0 Å². The van der Waals surface area contributed by atoms with Gasteiger partial charge in [-0.15, -0.1) is 11.3 Å². The van der Waals surface area contributed by atoms with Gasteiger partial charge in [0.25, 0.3) is 0 Å². The Morgan fingerprint density at radius 1 is 1.35 bits per heavy atom. The topological polar surface area (TPSA) is 42.2 Å². The van der Waals surface area contributed by atoms with Crippen molar-refractivity contribution in [2.24, 2.45) is 5.73 Å². The maximum Gasteiger partial charge on any atom is 0.190 e. The molecule has 90 valence electrons. The van der Waals surface area contributed by atoms with Crippen molar-refractivity contribution in [2.45, 2.75) is 20.4 Å². The highest BCUT2D eigenvalue weighted by molar-refractivity contribution is 7.15. The van der Waals surface area contributed by atoms with Crippen LogP contribution >= 0.6 is 11.3 Å². The van der Waals surface area contributed by atoms with E-state index in [1.807, 2.05) is 26.1 Å². The Hall–Kier alpha value is -1.39. The smallest absolute Gasteiger partial charge is 0.190 e. The molecule has 17 heavy (non-hydrogen) atoms. The van der Waals surface area contributed by atoms with Gasteiger partial charge >= 0.3 is 0 Å². The Morgan fingerprint density at radius 3 is 2.71 bits per heavy atom. The van der Waals surface area contributed by atoms with E-state index in [9.17, 15) is 0 Å². The first-order valence-corrected chi connectivity index (χ1v) is 6.40. The molecule has 3 nitrogen and oxygen atoms in total. The number of nitrogens with zero attached hydrogens (tertiary/aromatic N) is 2. The van der Waals surface area contributed by atoms with E-state index in [0.29, 0.717) is 6.54 Å². The van der Waals surface area contributed by atoms with Gasteiger partial charge in [0, 0.05) is 24.2 Å². The maximum atomic E-state index is 5.65. The van der Waals surface area contributed by atoms with Crippen LogP contribution in [-0.4, -0.2) is 12.0 Å². The number of nitrogens with two attached hydrogens (primary N) is 1. The third kappa shape index (κ3) is 2.48. The minimum Gasteiger partial charge on any atom is -0.326 e. The Morgan fingerprint density at radius 2 is 2.12 bits per heavy atom. The van der Waals surface area contributed by atoms with Crippen LogP contribution in [0.3, 0.4) is 0 Å². The molecular formula is C13H17N3S. The number of aryl methyl sites for hydroxylation is 2. The summed E-state index contributed by atoms with van der Waals surface area (Å²) in [5.74, 6) is 0. The van der Waals surface area contributed by atoms with E-state index in [4.69, 9.17) is 5.73 Å². The Labute approximate surface area is 106 Å². The molecule has 0 bridgehead atoms. The summed E-state index contributed by atoms with van der Waals surface area (Å²) in [6, 6.07) is 8.24. The molecule has 0 fully saturated rings. The van der Waals surface area contributed by atoms with Gasteiger partial charge in [-0.05, 0) is 31.5 Å². The highest BCUT2D eigenvalue weighted by Crippen LogP contribution is 2.29. The summed E-state index contributed by atoms with van der Waals surface area (Å²) >= 11 is 1.71. The van der Waals surface area contributed by atoms with Gasteiger partial charge < -0.3 is 10.6 Å². The maximum absolute atomic E-state index is 5.65. The molecule has 0 aliphatic rings. The zero-order chi connectivity index (χ0) is 12.4. The van der Waals surface area contributed by atoms with Gasteiger partial charge in [-0.25, -0.2) is 4.98 Å². The van der Waals surface area contributed by atoms with Gasteiger partial charge in [-0.3, -0.25) is 0 Å². The highest BCUT2D eigenvalue weighted by atomic mass is 32.1. The number of benzene rings is 1. The molecule has 0 saturated heterocycles.